The van der Waals surface area contributed by atoms with Gasteiger partial charge in [-0.3, -0.25) is 4.79 Å². The molecule has 4 nitrogen and oxygen atoms in total. The van der Waals surface area contributed by atoms with Crippen LogP contribution in [0.15, 0.2) is 25.3 Å². The van der Waals surface area contributed by atoms with E-state index in [1.807, 2.05) is 0 Å². The Kier molecular flexibility index (Phi) is 7.57. The molecule has 1 unspecified atom stereocenters. The summed E-state index contributed by atoms with van der Waals surface area (Å²) in [6, 6.07) is 0. The number of rotatable bonds is 3. The van der Waals surface area contributed by atoms with Crippen LogP contribution in [0.2, 0.25) is 0 Å². The van der Waals surface area contributed by atoms with Crippen molar-refractivity contribution in [3.05, 3.63) is 32.2 Å². The minimum absolute atomic E-state index is 0.394. The molecule has 79 valence electrons. The first-order valence-corrected chi connectivity index (χ1v) is 3.74. The Balaban J connectivity index is 0. The Morgan fingerprint density at radius 2 is 1.79 bits per heavy atom. The summed E-state index contributed by atoms with van der Waals surface area (Å²) >= 11 is 0. The first-order valence-electron chi connectivity index (χ1n) is 3.74. The Bertz CT molecular complexity index is 223. The summed E-state index contributed by atoms with van der Waals surface area (Å²) < 4.78 is 4.14. The number of ketones is 1. The van der Waals surface area contributed by atoms with E-state index in [0.29, 0.717) is 0 Å². The lowest BCUT2D eigenvalue weighted by atomic mass is 10.1. The summed E-state index contributed by atoms with van der Waals surface area (Å²) in [5.41, 5.74) is -1.50. The molecule has 0 spiro atoms. The monoisotopic (exact) mass is 199 g/mol. The number of esters is 1. The Labute approximate surface area is 83.9 Å². The second kappa shape index (κ2) is 7.03. The molecule has 0 aliphatic carbocycles. The third-order valence-electron chi connectivity index (χ3n) is 1.08. The molecule has 0 rings (SSSR count). The summed E-state index contributed by atoms with van der Waals surface area (Å²) in [5, 5.41) is 8.75. The van der Waals surface area contributed by atoms with Gasteiger partial charge in [-0.15, -0.1) is 0 Å². The van der Waals surface area contributed by atoms with Gasteiger partial charge in [0.2, 0.25) is 0 Å². The van der Waals surface area contributed by atoms with Crippen LogP contribution < -0.4 is 0 Å². The minimum atomic E-state index is -1.50. The van der Waals surface area contributed by atoms with E-state index in [2.05, 4.69) is 24.8 Å². The predicted molar refractivity (Wildman–Crippen MR) is 53.4 cm³/mol. The van der Waals surface area contributed by atoms with Crippen molar-refractivity contribution < 1.29 is 19.4 Å². The molecule has 0 aliphatic heterocycles. The van der Waals surface area contributed by atoms with Crippen molar-refractivity contribution in [2.24, 2.45) is 0 Å². The van der Waals surface area contributed by atoms with Gasteiger partial charge < -0.3 is 9.84 Å². The highest BCUT2D eigenvalue weighted by atomic mass is 16.5. The molecular formula is C10H15O4. The number of hydrogen-bond donors (Lipinski definition) is 1. The van der Waals surface area contributed by atoms with E-state index in [9.17, 15) is 9.59 Å². The van der Waals surface area contributed by atoms with Gasteiger partial charge in [-0.1, -0.05) is 13.2 Å². The zero-order valence-corrected chi connectivity index (χ0v) is 8.45. The van der Waals surface area contributed by atoms with Crippen LogP contribution >= 0.6 is 0 Å². The lowest BCUT2D eigenvalue weighted by Gasteiger charge is -2.10. The van der Waals surface area contributed by atoms with Crippen LogP contribution in [-0.2, 0) is 14.3 Å². The van der Waals surface area contributed by atoms with Gasteiger partial charge in [0, 0.05) is 6.08 Å². The fourth-order valence-corrected chi connectivity index (χ4v) is 0.303. The number of carbonyl (C=O) groups is 2. The Hall–Kier alpha value is -1.42. The number of methoxy groups -OCH3 is 1. The zero-order chi connectivity index (χ0) is 11.8. The summed E-state index contributed by atoms with van der Waals surface area (Å²) in [4.78, 5) is 20.2. The number of aliphatic hydroxyl groups is 1. The third kappa shape index (κ3) is 8.67. The maximum absolute atomic E-state index is 10.4. The highest BCUT2D eigenvalue weighted by Crippen LogP contribution is 2.00. The molecule has 1 N–H and O–H groups in total. The first-order chi connectivity index (χ1) is 6.29. The molecule has 0 aromatic rings. The van der Waals surface area contributed by atoms with Crippen molar-refractivity contribution in [3.63, 3.8) is 0 Å². The standard InChI is InChI=1S/C6H9O2.C4H6O2/c1-4-5(7)6(2,3)8;1-3-4(5)6-2/h4,8H,1-2H2,3H3;3H,1H2,2H3. The van der Waals surface area contributed by atoms with E-state index in [-0.39, 0.29) is 0 Å². The number of ether oxygens (including phenoxy) is 1. The maximum atomic E-state index is 10.4. The quantitative estimate of drug-likeness (QED) is 0.536. The van der Waals surface area contributed by atoms with Crippen molar-refractivity contribution in [1.82, 2.24) is 0 Å². The van der Waals surface area contributed by atoms with Crippen LogP contribution in [-0.4, -0.2) is 29.6 Å². The fourth-order valence-electron chi connectivity index (χ4n) is 0.303. The van der Waals surface area contributed by atoms with E-state index in [0.717, 1.165) is 12.2 Å². The molecule has 0 aliphatic rings. The van der Waals surface area contributed by atoms with Crippen LogP contribution in [0, 0.1) is 6.92 Å². The summed E-state index contributed by atoms with van der Waals surface area (Å²) in [5.74, 6) is -0.854. The Morgan fingerprint density at radius 1 is 1.36 bits per heavy atom. The molecule has 0 saturated heterocycles. The second-order valence-corrected chi connectivity index (χ2v) is 2.57. The van der Waals surface area contributed by atoms with Crippen molar-refractivity contribution in [1.29, 1.82) is 0 Å². The van der Waals surface area contributed by atoms with Gasteiger partial charge in [0.05, 0.1) is 7.11 Å². The summed E-state index contributed by atoms with van der Waals surface area (Å²) in [6.45, 7) is 10.8. The maximum Gasteiger partial charge on any atom is 0.329 e. The number of carbonyl (C=O) groups excluding carboxylic acids is 2. The summed E-state index contributed by atoms with van der Waals surface area (Å²) in [7, 11) is 1.31. The molecule has 0 saturated carbocycles. The normalized spacial score (nSPS) is 9.14. The topological polar surface area (TPSA) is 63.6 Å². The third-order valence-corrected chi connectivity index (χ3v) is 1.08. The SMILES string of the molecule is C=CC(=O)OC.[CH2]C(C)(O)C(=O)C=C. The summed E-state index contributed by atoms with van der Waals surface area (Å²) in [6.07, 6.45) is 2.16. The van der Waals surface area contributed by atoms with Crippen LogP contribution in [0.25, 0.3) is 0 Å². The molecule has 0 aromatic heterocycles. The molecule has 1 atom stereocenters. The molecule has 14 heavy (non-hydrogen) atoms. The number of hydrogen-bond acceptors (Lipinski definition) is 4. The van der Waals surface area contributed by atoms with Crippen LogP contribution in [0.1, 0.15) is 6.92 Å². The fraction of sp³-hybridized carbons (Fsp3) is 0.300. The minimum Gasteiger partial charge on any atom is -0.466 e. The molecular weight excluding hydrogens is 184 g/mol. The molecule has 1 radical (unpaired) electrons. The van der Waals surface area contributed by atoms with Gasteiger partial charge in [0.15, 0.2) is 5.78 Å². The van der Waals surface area contributed by atoms with Crippen LogP contribution in [0.5, 0.6) is 0 Å². The van der Waals surface area contributed by atoms with E-state index in [4.69, 9.17) is 5.11 Å². The van der Waals surface area contributed by atoms with E-state index in [1.54, 1.807) is 0 Å². The molecule has 0 aromatic carbocycles. The van der Waals surface area contributed by atoms with Crippen LogP contribution in [0.4, 0.5) is 0 Å². The van der Waals surface area contributed by atoms with Crippen molar-refractivity contribution in [2.75, 3.05) is 7.11 Å². The van der Waals surface area contributed by atoms with Crippen LogP contribution in [0.3, 0.4) is 0 Å². The highest BCUT2D eigenvalue weighted by molar-refractivity contribution is 5.96. The highest BCUT2D eigenvalue weighted by Gasteiger charge is 2.19. The van der Waals surface area contributed by atoms with Gasteiger partial charge >= 0.3 is 5.97 Å². The largest absolute Gasteiger partial charge is 0.466 e. The van der Waals surface area contributed by atoms with Crippen molar-refractivity contribution >= 4 is 11.8 Å². The average molecular weight is 199 g/mol. The Morgan fingerprint density at radius 3 is 1.79 bits per heavy atom. The van der Waals surface area contributed by atoms with Gasteiger partial charge in [-0.05, 0) is 19.9 Å². The van der Waals surface area contributed by atoms with Crippen molar-refractivity contribution in [2.45, 2.75) is 12.5 Å². The molecule has 0 bridgehead atoms. The predicted octanol–water partition coefficient (Wildman–Crippen LogP) is 0.672. The molecule has 0 heterocycles. The molecule has 0 amide bonds. The average Bonchev–Trinajstić information content (AvgIpc) is 2.14. The van der Waals surface area contributed by atoms with Gasteiger partial charge in [0.25, 0.3) is 0 Å². The lowest BCUT2D eigenvalue weighted by Crippen LogP contribution is -2.29. The zero-order valence-electron chi connectivity index (χ0n) is 8.45. The van der Waals surface area contributed by atoms with E-state index < -0.39 is 17.4 Å². The van der Waals surface area contributed by atoms with Gasteiger partial charge in [-0.25, -0.2) is 4.79 Å². The van der Waals surface area contributed by atoms with E-state index in [1.165, 1.54) is 14.0 Å². The lowest BCUT2D eigenvalue weighted by molar-refractivity contribution is -0.134. The van der Waals surface area contributed by atoms with Gasteiger partial charge in [0.1, 0.15) is 5.60 Å². The van der Waals surface area contributed by atoms with E-state index >= 15 is 0 Å². The second-order valence-electron chi connectivity index (χ2n) is 2.57. The first kappa shape index (κ1) is 15.1. The molecule has 4 heteroatoms. The van der Waals surface area contributed by atoms with Crippen molar-refractivity contribution in [3.8, 4) is 0 Å². The van der Waals surface area contributed by atoms with Gasteiger partial charge in [-0.2, -0.15) is 0 Å². The smallest absolute Gasteiger partial charge is 0.329 e. The molecule has 0 fully saturated rings.